The van der Waals surface area contributed by atoms with E-state index in [4.69, 9.17) is 9.59 Å². The first-order chi connectivity index (χ1) is 35.0. The molecule has 0 spiro atoms. The average Bonchev–Trinajstić information content (AvgIpc) is 3.72. The normalized spacial score (nSPS) is 17.4. The first kappa shape index (κ1) is 51.5. The first-order valence-corrected chi connectivity index (χ1v) is 27.1. The number of rotatable bonds is 18. The van der Waals surface area contributed by atoms with Gasteiger partial charge in [0.05, 0.1) is 28.1 Å². The van der Waals surface area contributed by atoms with E-state index in [-0.39, 0.29) is 16.5 Å². The van der Waals surface area contributed by atoms with Crippen molar-refractivity contribution in [1.29, 1.82) is 0 Å². The van der Waals surface area contributed by atoms with Crippen LogP contribution in [-0.2, 0) is 39.9 Å². The van der Waals surface area contributed by atoms with Crippen LogP contribution < -0.4 is 9.80 Å². The Morgan fingerprint density at radius 1 is 0.753 bits per heavy atom. The van der Waals surface area contributed by atoms with Gasteiger partial charge in [-0.1, -0.05) is 85.6 Å². The second kappa shape index (κ2) is 21.2. The van der Waals surface area contributed by atoms with Crippen molar-refractivity contribution >= 4 is 83.7 Å². The zero-order valence-corrected chi connectivity index (χ0v) is 43.9. The van der Waals surface area contributed by atoms with E-state index in [0.717, 1.165) is 103 Å². The van der Waals surface area contributed by atoms with Gasteiger partial charge in [-0.25, -0.2) is 5.26 Å². The van der Waals surface area contributed by atoms with Crippen LogP contribution in [0.15, 0.2) is 178 Å². The Balaban J connectivity index is 1.22. The fourth-order valence-corrected chi connectivity index (χ4v) is 12.2. The molecular formula is C60H62N3O8S2+. The Hall–Kier alpha value is -6.45. The summed E-state index contributed by atoms with van der Waals surface area (Å²) in [5.74, 6) is 0.292. The summed E-state index contributed by atoms with van der Waals surface area (Å²) in [5, 5.41) is 16.5. The molecule has 0 radical (unpaired) electrons. The Kier molecular flexibility index (Phi) is 14.9. The van der Waals surface area contributed by atoms with Crippen molar-refractivity contribution in [2.24, 2.45) is 0 Å². The third-order valence-corrected chi connectivity index (χ3v) is 16.0. The van der Waals surface area contributed by atoms with E-state index in [0.29, 0.717) is 44.2 Å². The second-order valence-electron chi connectivity index (χ2n) is 20.2. The highest BCUT2D eigenvalue weighted by Gasteiger charge is 2.46. The zero-order valence-electron chi connectivity index (χ0n) is 42.2. The van der Waals surface area contributed by atoms with Gasteiger partial charge in [0, 0.05) is 76.6 Å². The van der Waals surface area contributed by atoms with Crippen LogP contribution in [0.2, 0.25) is 0 Å². The van der Waals surface area contributed by atoms with Crippen molar-refractivity contribution in [3.8, 4) is 0 Å². The molecule has 376 valence electrons. The SMILES string of the molecule is CC(=O)CCCN1/C(=C/C=C2\CCCC(/C=C/C3=[N+](CCCC(C)=O)c4ccc5cc(S(=O)(=O)O)ccc5c4C3(C)C)=C2N(c2ccccc2)c2ccccc2)C(C)(C)c2c1ccc1cc(SOOO)ccc21. The Bertz CT molecular complexity index is 3370. The molecule has 0 aromatic heterocycles. The molecule has 0 unspecified atom stereocenters. The number of ketones is 2. The van der Waals surface area contributed by atoms with E-state index >= 15 is 0 Å². The number of nitrogens with zero attached hydrogens (tertiary/aromatic N) is 3. The molecule has 0 atom stereocenters. The largest absolute Gasteiger partial charge is 0.344 e. The predicted octanol–water partition coefficient (Wildman–Crippen LogP) is 14.2. The molecule has 6 aromatic carbocycles. The van der Waals surface area contributed by atoms with E-state index in [1.165, 1.54) is 23.3 Å². The highest BCUT2D eigenvalue weighted by Crippen LogP contribution is 2.52. The van der Waals surface area contributed by atoms with Crippen LogP contribution in [0, 0.1) is 0 Å². The van der Waals surface area contributed by atoms with Gasteiger partial charge in [0.25, 0.3) is 10.1 Å². The Labute approximate surface area is 432 Å². The lowest BCUT2D eigenvalue weighted by atomic mass is 9.78. The van der Waals surface area contributed by atoms with Crippen molar-refractivity contribution in [3.63, 3.8) is 0 Å². The molecule has 9 rings (SSSR count). The molecule has 0 saturated heterocycles. The number of allylic oxidation sites excluding steroid dienone is 7. The van der Waals surface area contributed by atoms with Crippen LogP contribution in [0.3, 0.4) is 0 Å². The molecule has 13 heteroatoms. The lowest BCUT2D eigenvalue weighted by Crippen LogP contribution is -2.28. The number of carbonyl (C=O) groups is 2. The minimum absolute atomic E-state index is 0.132. The topological polar surface area (TPSA) is 137 Å². The van der Waals surface area contributed by atoms with Gasteiger partial charge in [-0.05, 0) is 158 Å². The molecule has 2 heterocycles. The quantitative estimate of drug-likeness (QED) is 0.0280. The maximum atomic E-state index is 12.3. The molecule has 6 aromatic rings. The first-order valence-electron chi connectivity index (χ1n) is 24.9. The molecule has 0 bridgehead atoms. The van der Waals surface area contributed by atoms with Crippen molar-refractivity contribution in [1.82, 2.24) is 0 Å². The van der Waals surface area contributed by atoms with Crippen LogP contribution in [-0.4, -0.2) is 53.2 Å². The molecule has 2 aliphatic heterocycles. The van der Waals surface area contributed by atoms with Gasteiger partial charge in [0.1, 0.15) is 18.1 Å². The van der Waals surface area contributed by atoms with E-state index in [9.17, 15) is 22.6 Å². The number of hydrogen-bond donors (Lipinski definition) is 2. The highest BCUT2D eigenvalue weighted by atomic mass is 32.2. The summed E-state index contributed by atoms with van der Waals surface area (Å²) in [4.78, 5) is 30.0. The molecular weight excluding hydrogens is 955 g/mol. The van der Waals surface area contributed by atoms with Crippen LogP contribution in [0.1, 0.15) is 97.6 Å². The van der Waals surface area contributed by atoms with Crippen molar-refractivity contribution < 1.29 is 41.8 Å². The maximum Gasteiger partial charge on any atom is 0.294 e. The Morgan fingerprint density at radius 3 is 2.07 bits per heavy atom. The predicted molar refractivity (Wildman–Crippen MR) is 293 cm³/mol. The molecule has 2 N–H and O–H groups in total. The summed E-state index contributed by atoms with van der Waals surface area (Å²) >= 11 is 0.934. The minimum atomic E-state index is -4.41. The van der Waals surface area contributed by atoms with Gasteiger partial charge in [0.15, 0.2) is 5.71 Å². The highest BCUT2D eigenvalue weighted by molar-refractivity contribution is 7.94. The van der Waals surface area contributed by atoms with Crippen molar-refractivity contribution in [3.05, 3.63) is 179 Å². The minimum Gasteiger partial charge on any atom is -0.344 e. The third-order valence-electron chi connectivity index (χ3n) is 14.5. The number of anilines is 3. The summed E-state index contributed by atoms with van der Waals surface area (Å²) in [5.41, 5.74) is 11.1. The molecule has 0 fully saturated rings. The van der Waals surface area contributed by atoms with Gasteiger partial charge in [-0.3, -0.25) is 4.55 Å². The summed E-state index contributed by atoms with van der Waals surface area (Å²) in [6.07, 6.45) is 14.0. The molecule has 3 aliphatic rings. The lowest BCUT2D eigenvalue weighted by molar-refractivity contribution is -0.438. The van der Waals surface area contributed by atoms with E-state index < -0.39 is 20.9 Å². The number of benzene rings is 6. The second-order valence-corrected chi connectivity index (χ2v) is 22.4. The standard InChI is InChI=1S/C60H61N3O8S2/c1-40(64)16-14-36-61-52-32-24-44-38-48(72-71-70-66)28-30-50(44)56(52)59(3,4)54(61)34-26-42-18-13-19-43(58(42)63(46-20-9-7-10-21-46)47-22-11-8-12-23-47)27-35-55-60(5,6)57-51-31-29-49(73(67,68)69)39-45(51)25-33-53(57)62(55)37-15-17-41(2)65/h7-12,20-35,38-39H,13-19,36-37H2,1-6H3,(H-,66,67,68,69)/p+1. The number of hydrogen-bond acceptors (Lipinski definition) is 10. The van der Waals surface area contributed by atoms with Gasteiger partial charge in [-0.2, -0.15) is 13.0 Å². The van der Waals surface area contributed by atoms with Crippen LogP contribution in [0.25, 0.3) is 21.5 Å². The fourth-order valence-electron chi connectivity index (χ4n) is 11.3. The fraction of sp³-hybridized carbons (Fsp3) is 0.283. The zero-order chi connectivity index (χ0) is 51.7. The number of fused-ring (bicyclic) bond motifs is 6. The van der Waals surface area contributed by atoms with Crippen LogP contribution in [0.5, 0.6) is 0 Å². The number of para-hydroxylation sites is 2. The van der Waals surface area contributed by atoms with Crippen molar-refractivity contribution in [2.75, 3.05) is 22.9 Å². The van der Waals surface area contributed by atoms with E-state index in [1.54, 1.807) is 19.9 Å². The van der Waals surface area contributed by atoms with Crippen LogP contribution >= 0.6 is 12.0 Å². The Morgan fingerprint density at radius 2 is 1.40 bits per heavy atom. The van der Waals surface area contributed by atoms with Gasteiger partial charge in [-0.15, -0.1) is 4.33 Å². The monoisotopic (exact) mass is 1020 g/mol. The number of Topliss-reactive ketones (excluding diaryl/α,β-unsaturated/α-hetero) is 2. The molecule has 73 heavy (non-hydrogen) atoms. The third kappa shape index (κ3) is 10.4. The average molecular weight is 1020 g/mol. The molecule has 1 aliphatic carbocycles. The lowest BCUT2D eigenvalue weighted by Gasteiger charge is -2.34. The summed E-state index contributed by atoms with van der Waals surface area (Å²) < 4.78 is 41.5. The van der Waals surface area contributed by atoms with Crippen LogP contribution in [0.4, 0.5) is 22.7 Å². The summed E-state index contributed by atoms with van der Waals surface area (Å²) in [7, 11) is -4.41. The van der Waals surface area contributed by atoms with Gasteiger partial charge in [0.2, 0.25) is 5.69 Å². The molecule has 0 saturated carbocycles. The van der Waals surface area contributed by atoms with E-state index in [1.807, 2.05) is 36.4 Å². The number of carbonyl (C=O) groups excluding carboxylic acids is 2. The molecule has 0 amide bonds. The van der Waals surface area contributed by atoms with Crippen molar-refractivity contribution in [2.45, 2.75) is 107 Å². The smallest absolute Gasteiger partial charge is 0.294 e. The summed E-state index contributed by atoms with van der Waals surface area (Å²) in [6, 6.07) is 40.1. The molecule has 11 nitrogen and oxygen atoms in total. The van der Waals surface area contributed by atoms with E-state index in [2.05, 4.69) is 138 Å². The van der Waals surface area contributed by atoms with Gasteiger partial charge < -0.3 is 19.4 Å². The van der Waals surface area contributed by atoms with Gasteiger partial charge >= 0.3 is 0 Å². The maximum absolute atomic E-state index is 12.3. The summed E-state index contributed by atoms with van der Waals surface area (Å²) in [6.45, 7) is 13.5.